The van der Waals surface area contributed by atoms with Crippen LogP contribution in [0.3, 0.4) is 0 Å². The van der Waals surface area contributed by atoms with Gasteiger partial charge in [-0.2, -0.15) is 0 Å². The van der Waals surface area contributed by atoms with Crippen LogP contribution in [0.4, 0.5) is 0 Å². The minimum atomic E-state index is -0.755. The minimum Gasteiger partial charge on any atom is -0.460 e. The summed E-state index contributed by atoms with van der Waals surface area (Å²) in [6.07, 6.45) is 18.1. The first-order valence-electron chi connectivity index (χ1n) is 15.7. The van der Waals surface area contributed by atoms with Gasteiger partial charge < -0.3 is 14.0 Å². The number of carbonyl (C=O) groups is 1. The molecule has 0 spiro atoms. The molecule has 6 heteroatoms. The van der Waals surface area contributed by atoms with Gasteiger partial charge in [0.15, 0.2) is 0 Å². The van der Waals surface area contributed by atoms with Gasteiger partial charge in [-0.3, -0.25) is 4.79 Å². The number of benzene rings is 1. The zero-order valence-electron chi connectivity index (χ0n) is 26.0. The van der Waals surface area contributed by atoms with E-state index in [0.29, 0.717) is 19.6 Å². The lowest BCUT2D eigenvalue weighted by Gasteiger charge is -2.27. The molecule has 0 aromatic heterocycles. The fourth-order valence-corrected chi connectivity index (χ4v) is 4.85. The van der Waals surface area contributed by atoms with Crippen LogP contribution in [0, 0.1) is 5.92 Å². The molecule has 1 aromatic rings. The Bertz CT molecular complexity index is 691. The fourth-order valence-electron chi connectivity index (χ4n) is 4.85. The summed E-state index contributed by atoms with van der Waals surface area (Å²) < 4.78 is 12.2. The van der Waals surface area contributed by atoms with Crippen molar-refractivity contribution in [3.63, 3.8) is 0 Å². The first kappa shape index (κ1) is 35.6. The third-order valence-corrected chi connectivity index (χ3v) is 6.79. The summed E-state index contributed by atoms with van der Waals surface area (Å²) in [5.74, 6) is -0.00138. The lowest BCUT2D eigenvalue weighted by atomic mass is 10.0. The van der Waals surface area contributed by atoms with Crippen molar-refractivity contribution < 1.29 is 28.5 Å². The van der Waals surface area contributed by atoms with E-state index in [1.54, 1.807) is 0 Å². The second-order valence-corrected chi connectivity index (χ2v) is 12.2. The Morgan fingerprint density at radius 3 is 1.87 bits per heavy atom. The molecule has 1 aromatic carbocycles. The molecule has 2 atom stereocenters. The monoisotopic (exact) mass is 550 g/mol. The van der Waals surface area contributed by atoms with Crippen molar-refractivity contribution in [2.75, 3.05) is 40.9 Å². The zero-order chi connectivity index (χ0) is 28.6. The number of hydrogen-bond donors (Lipinski definition) is 0. The quantitative estimate of drug-likeness (QED) is 0.0290. The van der Waals surface area contributed by atoms with Crippen molar-refractivity contribution in [3.8, 4) is 0 Å². The molecule has 0 radical (unpaired) electrons. The number of quaternary nitrogens is 1. The highest BCUT2D eigenvalue weighted by atomic mass is 17.2. The van der Waals surface area contributed by atoms with Crippen molar-refractivity contribution >= 4 is 5.97 Å². The predicted molar refractivity (Wildman–Crippen MR) is 160 cm³/mol. The summed E-state index contributed by atoms with van der Waals surface area (Å²) in [6.45, 7) is 6.14. The topological polar surface area (TPSA) is 54.0 Å². The summed E-state index contributed by atoms with van der Waals surface area (Å²) in [7, 11) is 6.37. The number of hydrogen-bond acceptors (Lipinski definition) is 5. The summed E-state index contributed by atoms with van der Waals surface area (Å²) in [4.78, 5) is 23.3. The van der Waals surface area contributed by atoms with E-state index in [-0.39, 0.29) is 18.5 Å². The third kappa shape index (κ3) is 23.0. The number of nitrogens with zero attached hydrogens (tertiary/aromatic N) is 1. The molecule has 0 saturated carbocycles. The molecule has 1 rings (SSSR count). The molecule has 0 bridgehead atoms. The van der Waals surface area contributed by atoms with E-state index >= 15 is 0 Å². The lowest BCUT2D eigenvalue weighted by molar-refractivity contribution is -0.873. The molecule has 226 valence electrons. The normalized spacial score (nSPS) is 13.4. The van der Waals surface area contributed by atoms with Crippen molar-refractivity contribution in [3.05, 3.63) is 35.9 Å². The maximum Gasteiger partial charge on any atom is 0.306 e. The van der Waals surface area contributed by atoms with E-state index in [9.17, 15) is 4.79 Å². The molecule has 0 N–H and O–H groups in total. The van der Waals surface area contributed by atoms with Crippen molar-refractivity contribution in [2.24, 2.45) is 5.92 Å². The van der Waals surface area contributed by atoms with Gasteiger partial charge in [0.05, 0.1) is 47.3 Å². The van der Waals surface area contributed by atoms with E-state index in [0.717, 1.165) is 29.4 Å². The summed E-state index contributed by atoms with van der Waals surface area (Å²) in [6, 6.07) is 9.89. The van der Waals surface area contributed by atoms with E-state index in [1.807, 2.05) is 30.3 Å². The number of rotatable bonds is 26. The van der Waals surface area contributed by atoms with Crippen molar-refractivity contribution in [1.29, 1.82) is 0 Å². The largest absolute Gasteiger partial charge is 0.460 e. The third-order valence-electron chi connectivity index (χ3n) is 6.79. The smallest absolute Gasteiger partial charge is 0.306 e. The molecule has 0 fully saturated rings. The Kier molecular flexibility index (Phi) is 21.2. The Hall–Kier alpha value is -1.47. The Morgan fingerprint density at radius 2 is 1.33 bits per heavy atom. The van der Waals surface area contributed by atoms with Gasteiger partial charge >= 0.3 is 5.97 Å². The van der Waals surface area contributed by atoms with Crippen LogP contribution in [0.2, 0.25) is 0 Å². The van der Waals surface area contributed by atoms with Gasteiger partial charge in [0, 0.05) is 5.92 Å². The lowest BCUT2D eigenvalue weighted by Crippen LogP contribution is -2.39. The zero-order valence-corrected chi connectivity index (χ0v) is 26.0. The van der Waals surface area contributed by atoms with Crippen molar-refractivity contribution in [1.82, 2.24) is 0 Å². The van der Waals surface area contributed by atoms with Crippen LogP contribution in [0.1, 0.15) is 116 Å². The van der Waals surface area contributed by atoms with E-state index < -0.39 is 6.29 Å². The summed E-state index contributed by atoms with van der Waals surface area (Å²) in [5, 5.41) is 0. The van der Waals surface area contributed by atoms with E-state index in [2.05, 4.69) is 35.0 Å². The maximum atomic E-state index is 12.4. The van der Waals surface area contributed by atoms with Crippen molar-refractivity contribution in [2.45, 2.75) is 123 Å². The van der Waals surface area contributed by atoms with E-state index in [4.69, 9.17) is 19.2 Å². The van der Waals surface area contributed by atoms with Gasteiger partial charge in [0.2, 0.25) is 6.29 Å². The molecule has 6 nitrogen and oxygen atoms in total. The SMILES string of the molecule is CCCCCCCCCCCCCCCCOOC(COC(=O)CC(C)C[N+](C)(C)C)OCc1ccccc1. The second-order valence-electron chi connectivity index (χ2n) is 12.2. The Labute approximate surface area is 240 Å². The molecule has 0 aliphatic rings. The van der Waals surface area contributed by atoms with Crippen LogP contribution in [-0.4, -0.2) is 57.6 Å². The molecule has 0 heterocycles. The average molecular weight is 551 g/mol. The molecule has 2 unspecified atom stereocenters. The predicted octanol–water partition coefficient (Wildman–Crippen LogP) is 8.23. The second kappa shape index (κ2) is 23.3. The highest BCUT2D eigenvalue weighted by Crippen LogP contribution is 2.14. The molecular formula is C33H60NO5+. The molecular weight excluding hydrogens is 490 g/mol. The van der Waals surface area contributed by atoms with Crippen LogP contribution in [0.25, 0.3) is 0 Å². The Morgan fingerprint density at radius 1 is 0.795 bits per heavy atom. The first-order chi connectivity index (χ1) is 18.8. The number of carbonyl (C=O) groups excluding carboxylic acids is 1. The van der Waals surface area contributed by atoms with Gasteiger partial charge in [-0.15, -0.1) is 0 Å². The summed E-state index contributed by atoms with van der Waals surface area (Å²) in [5.41, 5.74) is 1.03. The van der Waals surface area contributed by atoms with Gasteiger partial charge in [-0.1, -0.05) is 128 Å². The number of esters is 1. The highest BCUT2D eigenvalue weighted by Gasteiger charge is 2.20. The molecule has 0 saturated heterocycles. The van der Waals surface area contributed by atoms with Gasteiger partial charge in [-0.25, -0.2) is 9.78 Å². The van der Waals surface area contributed by atoms with Gasteiger partial charge in [0.1, 0.15) is 6.61 Å². The standard InChI is InChI=1S/C33H60NO5/c1-6-7-8-9-10-11-12-13-14-15-16-17-18-22-25-38-39-33(37-28-31-23-20-19-21-24-31)29-36-32(35)26-30(2)27-34(3,4)5/h19-21,23-24,30,33H,6-18,22,25-29H2,1-5H3/q+1. The maximum absolute atomic E-state index is 12.4. The number of unbranched alkanes of at least 4 members (excludes halogenated alkanes) is 13. The molecule has 0 aliphatic carbocycles. The van der Waals surface area contributed by atoms with Gasteiger partial charge in [-0.05, 0) is 12.0 Å². The van der Waals surface area contributed by atoms with Crippen LogP contribution < -0.4 is 0 Å². The molecule has 39 heavy (non-hydrogen) atoms. The van der Waals surface area contributed by atoms with Crippen LogP contribution >= 0.6 is 0 Å². The van der Waals surface area contributed by atoms with Crippen LogP contribution in [0.15, 0.2) is 30.3 Å². The van der Waals surface area contributed by atoms with Crippen LogP contribution in [0.5, 0.6) is 0 Å². The fraction of sp³-hybridized carbons (Fsp3) is 0.788. The average Bonchev–Trinajstić information content (AvgIpc) is 2.89. The van der Waals surface area contributed by atoms with Crippen LogP contribution in [-0.2, 0) is 30.7 Å². The molecule has 0 aliphatic heterocycles. The Balaban J connectivity index is 2.17. The van der Waals surface area contributed by atoms with E-state index in [1.165, 1.54) is 77.0 Å². The minimum absolute atomic E-state index is 0.0154. The highest BCUT2D eigenvalue weighted by molar-refractivity contribution is 5.69. The summed E-state index contributed by atoms with van der Waals surface area (Å²) >= 11 is 0. The first-order valence-corrected chi connectivity index (χ1v) is 15.7. The van der Waals surface area contributed by atoms with Gasteiger partial charge in [0.25, 0.3) is 0 Å². The molecule has 0 amide bonds. The number of ether oxygens (including phenoxy) is 2.